The van der Waals surface area contributed by atoms with Gasteiger partial charge in [0.05, 0.1) is 0 Å². The Morgan fingerprint density at radius 3 is 2.20 bits per heavy atom. The number of nitrogens with zero attached hydrogens (tertiary/aromatic N) is 1. The third kappa shape index (κ3) is 2.33. The summed E-state index contributed by atoms with van der Waals surface area (Å²) in [4.78, 5) is 1.88. The van der Waals surface area contributed by atoms with Crippen molar-refractivity contribution in [3.05, 3.63) is 24.3 Å². The zero-order valence-corrected chi connectivity index (χ0v) is 11.3. The summed E-state index contributed by atoms with van der Waals surface area (Å²) in [6.07, 6.45) is 0. The average molecular weight is 305 g/mol. The Balaban J connectivity index is 1.68. The van der Waals surface area contributed by atoms with Crippen LogP contribution < -0.4 is 4.90 Å². The van der Waals surface area contributed by atoms with E-state index in [0.717, 1.165) is 18.8 Å². The van der Waals surface area contributed by atoms with Crippen LogP contribution in [-0.4, -0.2) is 34.5 Å². The first kappa shape index (κ1) is 13.9. The van der Waals surface area contributed by atoms with E-state index in [-0.39, 0.29) is 11.5 Å². The lowest BCUT2D eigenvalue weighted by molar-refractivity contribution is -0.0384. The molecule has 3 rings (SSSR count). The minimum atomic E-state index is -4.72. The molecule has 1 aromatic rings. The second-order valence-electron chi connectivity index (χ2n) is 5.29. The number of hydrogen-bond donors (Lipinski definition) is 1. The molecular weight excluding hydrogens is 291 g/mol. The smallest absolute Gasteiger partial charge is 0.396 e. The highest BCUT2D eigenvalue weighted by atomic mass is 32.2. The van der Waals surface area contributed by atoms with Crippen LogP contribution in [0.3, 0.4) is 0 Å². The summed E-state index contributed by atoms with van der Waals surface area (Å²) in [6.45, 7) is 1.88. The van der Waals surface area contributed by atoms with Crippen LogP contribution in [0.5, 0.6) is 0 Å². The fourth-order valence-electron chi connectivity index (χ4n) is 3.05. The Bertz CT molecular complexity index is 519. The first-order valence-electron chi connectivity index (χ1n) is 6.36. The Morgan fingerprint density at radius 1 is 1.20 bits per heavy atom. The number of benzene rings is 1. The zero-order valence-electron chi connectivity index (χ0n) is 10.5. The van der Waals surface area contributed by atoms with E-state index < -0.39 is 16.3 Å². The van der Waals surface area contributed by atoms with Crippen molar-refractivity contribution in [3.8, 4) is 0 Å². The molecule has 2 aliphatic rings. The molecule has 0 spiro atoms. The van der Waals surface area contributed by atoms with Gasteiger partial charge in [0, 0.05) is 30.3 Å². The molecular formula is C13H14F3NO2S. The van der Waals surface area contributed by atoms with Crippen LogP contribution >= 0.6 is 0 Å². The van der Waals surface area contributed by atoms with Crippen molar-refractivity contribution in [1.82, 2.24) is 0 Å². The van der Waals surface area contributed by atoms with Gasteiger partial charge in [-0.3, -0.25) is 0 Å². The molecule has 1 aromatic carbocycles. The lowest BCUT2D eigenvalue weighted by atomic mass is 10.2. The largest absolute Gasteiger partial charge is 0.475 e. The minimum absolute atomic E-state index is 0.215. The molecule has 1 saturated heterocycles. The highest BCUT2D eigenvalue weighted by Crippen LogP contribution is 2.52. The Labute approximate surface area is 116 Å². The predicted molar refractivity (Wildman–Crippen MR) is 68.7 cm³/mol. The summed E-state index contributed by atoms with van der Waals surface area (Å²) in [5.74, 6) is 1.40. The number of alkyl halides is 3. The van der Waals surface area contributed by atoms with Crippen molar-refractivity contribution in [2.75, 3.05) is 24.6 Å². The third-order valence-corrected chi connectivity index (χ3v) is 5.33. The van der Waals surface area contributed by atoms with Crippen molar-refractivity contribution < 1.29 is 22.5 Å². The van der Waals surface area contributed by atoms with Crippen molar-refractivity contribution in [2.45, 2.75) is 10.4 Å². The van der Waals surface area contributed by atoms with Crippen LogP contribution in [0.2, 0.25) is 0 Å². The maximum atomic E-state index is 12.3. The standard InChI is InChI=1S/C13H14F3NO2S/c14-13(15,16)20(19)9-3-1-8(2-4-9)17-5-10-11(6-17)12(10)7-18/h1-4,10-12,18H,5-7H2/t10-,11+,12?,20?. The van der Waals surface area contributed by atoms with Crippen molar-refractivity contribution in [1.29, 1.82) is 0 Å². The van der Waals surface area contributed by atoms with E-state index in [1.165, 1.54) is 12.1 Å². The second-order valence-corrected chi connectivity index (χ2v) is 6.76. The molecule has 1 N–H and O–H groups in total. The Kier molecular flexibility index (Phi) is 3.29. The summed E-state index contributed by atoms with van der Waals surface area (Å²) in [5, 5.41) is 9.08. The number of hydrogen-bond acceptors (Lipinski definition) is 3. The number of halogens is 3. The van der Waals surface area contributed by atoms with Crippen LogP contribution in [-0.2, 0) is 10.8 Å². The van der Waals surface area contributed by atoms with Crippen LogP contribution in [0.4, 0.5) is 18.9 Å². The monoisotopic (exact) mass is 305 g/mol. The first-order valence-corrected chi connectivity index (χ1v) is 7.51. The fourth-order valence-corrected chi connectivity index (χ4v) is 3.70. The van der Waals surface area contributed by atoms with Gasteiger partial charge in [-0.05, 0) is 42.0 Å². The van der Waals surface area contributed by atoms with E-state index in [2.05, 4.69) is 4.90 Å². The third-order valence-electron chi connectivity index (χ3n) is 4.21. The zero-order chi connectivity index (χ0) is 14.5. The number of anilines is 1. The average Bonchev–Trinajstić information content (AvgIpc) is 2.88. The molecule has 1 saturated carbocycles. The van der Waals surface area contributed by atoms with Gasteiger partial charge in [-0.1, -0.05) is 0 Å². The molecule has 0 bridgehead atoms. The number of aliphatic hydroxyl groups excluding tert-OH is 1. The number of aliphatic hydroxyl groups is 1. The molecule has 0 aromatic heterocycles. The fraction of sp³-hybridized carbons (Fsp3) is 0.538. The van der Waals surface area contributed by atoms with E-state index in [9.17, 15) is 17.4 Å². The highest BCUT2D eigenvalue weighted by molar-refractivity contribution is 7.86. The van der Waals surface area contributed by atoms with E-state index >= 15 is 0 Å². The van der Waals surface area contributed by atoms with Crippen molar-refractivity contribution in [3.63, 3.8) is 0 Å². The molecule has 110 valence electrons. The van der Waals surface area contributed by atoms with E-state index in [1.54, 1.807) is 12.1 Å². The van der Waals surface area contributed by atoms with Gasteiger partial charge < -0.3 is 10.0 Å². The molecule has 0 amide bonds. The summed E-state index contributed by atoms with van der Waals surface area (Å²) in [5.41, 5.74) is -3.87. The van der Waals surface area contributed by atoms with E-state index in [4.69, 9.17) is 5.11 Å². The maximum Gasteiger partial charge on any atom is 0.475 e. The normalized spacial score (nSPS) is 30.2. The van der Waals surface area contributed by atoms with Gasteiger partial charge in [0.2, 0.25) is 0 Å². The predicted octanol–water partition coefficient (Wildman–Crippen LogP) is 1.99. The molecule has 2 fully saturated rings. The van der Waals surface area contributed by atoms with Gasteiger partial charge in [0.1, 0.15) is 0 Å². The Hall–Kier alpha value is -1.08. The van der Waals surface area contributed by atoms with Crippen molar-refractivity contribution in [2.24, 2.45) is 17.8 Å². The molecule has 20 heavy (non-hydrogen) atoms. The van der Waals surface area contributed by atoms with Crippen LogP contribution in [0, 0.1) is 17.8 Å². The molecule has 2 unspecified atom stereocenters. The van der Waals surface area contributed by atoms with Gasteiger partial charge in [0.15, 0.2) is 10.8 Å². The summed E-state index contributed by atoms with van der Waals surface area (Å²) >= 11 is 0. The lowest BCUT2D eigenvalue weighted by Crippen LogP contribution is -2.24. The number of piperidine rings is 1. The maximum absolute atomic E-state index is 12.3. The molecule has 0 radical (unpaired) electrons. The van der Waals surface area contributed by atoms with Crippen molar-refractivity contribution >= 4 is 16.5 Å². The van der Waals surface area contributed by atoms with Gasteiger partial charge in [-0.2, -0.15) is 13.2 Å². The molecule has 4 atom stereocenters. The minimum Gasteiger partial charge on any atom is -0.396 e. The van der Waals surface area contributed by atoms with Crippen LogP contribution in [0.1, 0.15) is 0 Å². The second kappa shape index (κ2) is 4.73. The molecule has 1 aliphatic carbocycles. The first-order chi connectivity index (χ1) is 9.41. The van der Waals surface area contributed by atoms with Gasteiger partial charge in [-0.25, -0.2) is 4.21 Å². The highest BCUT2D eigenvalue weighted by Gasteiger charge is 2.55. The summed E-state index contributed by atoms with van der Waals surface area (Å²) in [7, 11) is -2.97. The quantitative estimate of drug-likeness (QED) is 0.928. The summed E-state index contributed by atoms with van der Waals surface area (Å²) in [6, 6.07) is 5.70. The van der Waals surface area contributed by atoms with Gasteiger partial charge in [0.25, 0.3) is 0 Å². The van der Waals surface area contributed by atoms with Crippen LogP contribution in [0.25, 0.3) is 0 Å². The summed E-state index contributed by atoms with van der Waals surface area (Å²) < 4.78 is 48.2. The van der Waals surface area contributed by atoms with Crippen LogP contribution in [0.15, 0.2) is 29.2 Å². The topological polar surface area (TPSA) is 40.5 Å². The number of rotatable bonds is 3. The van der Waals surface area contributed by atoms with Gasteiger partial charge >= 0.3 is 5.51 Å². The van der Waals surface area contributed by atoms with E-state index in [0.29, 0.717) is 17.8 Å². The molecule has 1 aliphatic heterocycles. The Morgan fingerprint density at radius 2 is 1.75 bits per heavy atom. The van der Waals surface area contributed by atoms with Gasteiger partial charge in [-0.15, -0.1) is 0 Å². The molecule has 3 nitrogen and oxygen atoms in total. The SMILES string of the molecule is O=S(c1ccc(N2C[C@@H]3C(CO)[C@@H]3C2)cc1)C(F)(F)F. The molecule has 7 heteroatoms. The number of fused-ring (bicyclic) bond motifs is 1. The van der Waals surface area contributed by atoms with E-state index in [1.807, 2.05) is 0 Å². The molecule has 1 heterocycles. The lowest BCUT2D eigenvalue weighted by Gasteiger charge is -2.22.